The van der Waals surface area contributed by atoms with Crippen molar-refractivity contribution in [1.82, 2.24) is 25.4 Å². The van der Waals surface area contributed by atoms with Gasteiger partial charge in [-0.25, -0.2) is 14.7 Å². The van der Waals surface area contributed by atoms with Gasteiger partial charge in [-0.05, 0) is 19.4 Å². The zero-order valence-corrected chi connectivity index (χ0v) is 18.9. The van der Waals surface area contributed by atoms with E-state index in [1.165, 1.54) is 0 Å². The number of guanidine groups is 1. The highest BCUT2D eigenvalue weighted by molar-refractivity contribution is 14.0. The van der Waals surface area contributed by atoms with Gasteiger partial charge in [-0.1, -0.05) is 19.1 Å². The highest BCUT2D eigenvalue weighted by atomic mass is 127. The molecule has 9 heteroatoms. The molecule has 8 nitrogen and oxygen atoms in total. The van der Waals surface area contributed by atoms with Crippen LogP contribution in [0.2, 0.25) is 0 Å². The molecule has 3 N–H and O–H groups in total. The van der Waals surface area contributed by atoms with Crippen LogP contribution in [-0.2, 0) is 25.9 Å². The van der Waals surface area contributed by atoms with E-state index in [1.807, 2.05) is 23.7 Å². The molecule has 0 fully saturated rings. The number of aromatic nitrogens is 3. The number of phenols is 1. The summed E-state index contributed by atoms with van der Waals surface area (Å²) in [6.07, 6.45) is 2.74. The summed E-state index contributed by atoms with van der Waals surface area (Å²) in [5.41, 5.74) is 0.723. The molecule has 0 amide bonds. The van der Waals surface area contributed by atoms with Crippen LogP contribution in [0.25, 0.3) is 0 Å². The van der Waals surface area contributed by atoms with E-state index in [2.05, 4.69) is 32.6 Å². The number of benzene rings is 1. The second kappa shape index (κ2) is 10.5. The van der Waals surface area contributed by atoms with E-state index in [1.54, 1.807) is 13.2 Å². The second-order valence-corrected chi connectivity index (χ2v) is 6.52. The Kier molecular flexibility index (Phi) is 8.34. The minimum absolute atomic E-state index is 0. The Morgan fingerprint density at radius 1 is 1.39 bits per heavy atom. The first kappa shape index (κ1) is 22.3. The number of hydrogen-bond donors (Lipinski definition) is 3. The van der Waals surface area contributed by atoms with Gasteiger partial charge in [0.05, 0.1) is 20.2 Å². The molecule has 1 aliphatic rings. The van der Waals surface area contributed by atoms with Crippen molar-refractivity contribution in [3.8, 4) is 11.5 Å². The molecular formula is C19H29IN6O2. The lowest BCUT2D eigenvalue weighted by Crippen LogP contribution is -2.47. The van der Waals surface area contributed by atoms with Gasteiger partial charge in [0.25, 0.3) is 0 Å². The van der Waals surface area contributed by atoms with E-state index < -0.39 is 0 Å². The van der Waals surface area contributed by atoms with Gasteiger partial charge in [-0.2, -0.15) is 5.10 Å². The van der Waals surface area contributed by atoms with Crippen molar-refractivity contribution in [3.05, 3.63) is 35.4 Å². The van der Waals surface area contributed by atoms with Crippen molar-refractivity contribution in [2.45, 2.75) is 52.2 Å². The Balaban J connectivity index is 0.00000280. The van der Waals surface area contributed by atoms with E-state index >= 15 is 0 Å². The Bertz CT molecular complexity index is 808. The van der Waals surface area contributed by atoms with Crippen LogP contribution < -0.4 is 15.4 Å². The van der Waals surface area contributed by atoms with Crippen LogP contribution in [0, 0.1) is 0 Å². The summed E-state index contributed by atoms with van der Waals surface area (Å²) in [4.78, 5) is 9.18. The molecule has 0 aliphatic carbocycles. The first-order valence-corrected chi connectivity index (χ1v) is 9.46. The van der Waals surface area contributed by atoms with E-state index in [4.69, 9.17) is 4.74 Å². The molecular weight excluding hydrogens is 471 g/mol. The summed E-state index contributed by atoms with van der Waals surface area (Å²) in [5, 5.41) is 21.5. The van der Waals surface area contributed by atoms with Crippen LogP contribution >= 0.6 is 24.0 Å². The summed E-state index contributed by atoms with van der Waals surface area (Å²) in [5.74, 6) is 3.28. The maximum atomic E-state index is 10.2. The average Bonchev–Trinajstić information content (AvgIpc) is 3.09. The van der Waals surface area contributed by atoms with Crippen molar-refractivity contribution < 1.29 is 9.84 Å². The third-order valence-corrected chi connectivity index (χ3v) is 4.61. The molecule has 2 aromatic rings. The van der Waals surface area contributed by atoms with Crippen LogP contribution in [0.5, 0.6) is 11.5 Å². The minimum Gasteiger partial charge on any atom is -0.504 e. The smallest absolute Gasteiger partial charge is 0.191 e. The largest absolute Gasteiger partial charge is 0.504 e. The molecule has 0 saturated carbocycles. The Labute approximate surface area is 182 Å². The predicted octanol–water partition coefficient (Wildman–Crippen LogP) is 2.24. The number of aliphatic imine (C=N–C) groups is 1. The number of rotatable bonds is 6. The lowest BCUT2D eigenvalue weighted by molar-refractivity contribution is 0.370. The number of aryl methyl sites for hydroxylation is 2. The average molecular weight is 500 g/mol. The predicted molar refractivity (Wildman–Crippen MR) is 120 cm³/mol. The first-order chi connectivity index (χ1) is 13.1. The van der Waals surface area contributed by atoms with E-state index in [-0.39, 0.29) is 35.8 Å². The Morgan fingerprint density at radius 3 is 2.93 bits per heavy atom. The third-order valence-electron chi connectivity index (χ3n) is 4.61. The summed E-state index contributed by atoms with van der Waals surface area (Å²) < 4.78 is 7.16. The number of ether oxygens (including phenoxy) is 1. The highest BCUT2D eigenvalue weighted by Crippen LogP contribution is 2.29. The Hall–Kier alpha value is -2.04. The first-order valence-electron chi connectivity index (χ1n) is 9.46. The summed E-state index contributed by atoms with van der Waals surface area (Å²) >= 11 is 0. The number of hydrogen-bond acceptors (Lipinski definition) is 5. The molecule has 1 atom stereocenters. The molecule has 1 aliphatic heterocycles. The summed E-state index contributed by atoms with van der Waals surface area (Å²) in [6.45, 7) is 6.00. The van der Waals surface area contributed by atoms with Gasteiger partial charge >= 0.3 is 0 Å². The lowest BCUT2D eigenvalue weighted by Gasteiger charge is -2.25. The van der Waals surface area contributed by atoms with E-state index in [0.717, 1.165) is 55.5 Å². The van der Waals surface area contributed by atoms with Crippen molar-refractivity contribution in [1.29, 1.82) is 0 Å². The van der Waals surface area contributed by atoms with Crippen molar-refractivity contribution >= 4 is 29.9 Å². The number of nitrogens with one attached hydrogen (secondary N) is 2. The number of aromatic hydroxyl groups is 1. The van der Waals surface area contributed by atoms with Crippen molar-refractivity contribution in [3.63, 3.8) is 0 Å². The third kappa shape index (κ3) is 5.27. The number of methoxy groups -OCH3 is 1. The van der Waals surface area contributed by atoms with Gasteiger partial charge in [-0.3, -0.25) is 0 Å². The lowest BCUT2D eigenvalue weighted by atomic mass is 10.1. The van der Waals surface area contributed by atoms with Gasteiger partial charge in [-0.15, -0.1) is 24.0 Å². The zero-order chi connectivity index (χ0) is 19.2. The van der Waals surface area contributed by atoms with Crippen LogP contribution in [0.3, 0.4) is 0 Å². The van der Waals surface area contributed by atoms with Gasteiger partial charge in [0.1, 0.15) is 5.82 Å². The normalized spacial score (nSPS) is 16.1. The molecule has 1 unspecified atom stereocenters. The number of fused-ring (bicyclic) bond motifs is 1. The molecule has 28 heavy (non-hydrogen) atoms. The summed E-state index contributed by atoms with van der Waals surface area (Å²) in [7, 11) is 1.54. The molecule has 0 saturated heterocycles. The maximum absolute atomic E-state index is 10.2. The van der Waals surface area contributed by atoms with E-state index in [9.17, 15) is 5.11 Å². The number of para-hydroxylation sites is 1. The molecule has 154 valence electrons. The quantitative estimate of drug-likeness (QED) is 0.320. The number of nitrogens with zero attached hydrogens (tertiary/aromatic N) is 4. The van der Waals surface area contributed by atoms with Crippen LogP contribution in [0.15, 0.2) is 23.2 Å². The number of phenolic OH excluding ortho intramolecular Hbond substituents is 1. The fourth-order valence-corrected chi connectivity index (χ4v) is 3.17. The van der Waals surface area contributed by atoms with Crippen LogP contribution in [0.1, 0.15) is 37.5 Å². The van der Waals surface area contributed by atoms with Crippen LogP contribution in [0.4, 0.5) is 0 Å². The molecule has 1 aromatic carbocycles. The fourth-order valence-electron chi connectivity index (χ4n) is 3.17. The topological polar surface area (TPSA) is 96.6 Å². The zero-order valence-electron chi connectivity index (χ0n) is 16.6. The van der Waals surface area contributed by atoms with Crippen molar-refractivity contribution in [2.24, 2.45) is 4.99 Å². The second-order valence-electron chi connectivity index (χ2n) is 6.52. The fraction of sp³-hybridized carbons (Fsp3) is 0.526. The molecule has 2 heterocycles. The van der Waals surface area contributed by atoms with Crippen molar-refractivity contribution in [2.75, 3.05) is 13.7 Å². The maximum Gasteiger partial charge on any atom is 0.191 e. The van der Waals surface area contributed by atoms with Gasteiger partial charge in [0.2, 0.25) is 0 Å². The SMILES string of the molecule is CCNC(=NCc1cccc(OC)c1O)NC1CCc2nc(CC)nn2C1.I. The van der Waals surface area contributed by atoms with Gasteiger partial charge in [0, 0.05) is 31.0 Å². The molecule has 0 radical (unpaired) electrons. The molecule has 1 aromatic heterocycles. The Morgan fingerprint density at radius 2 is 2.21 bits per heavy atom. The van der Waals surface area contributed by atoms with Crippen LogP contribution in [-0.4, -0.2) is 45.5 Å². The highest BCUT2D eigenvalue weighted by Gasteiger charge is 2.22. The minimum atomic E-state index is 0. The number of halogens is 1. The van der Waals surface area contributed by atoms with Gasteiger partial charge in [0.15, 0.2) is 23.3 Å². The molecule has 0 bridgehead atoms. The molecule has 3 rings (SSSR count). The standard InChI is InChI=1S/C19H28N6O2.HI/c1-4-16-23-17-10-9-14(12-25(17)24-16)22-19(20-5-2)21-11-13-7-6-8-15(27-3)18(13)26;/h6-8,14,26H,4-5,9-12H2,1-3H3,(H2,20,21,22);1H. The van der Waals surface area contributed by atoms with E-state index in [0.29, 0.717) is 12.3 Å². The van der Waals surface area contributed by atoms with Gasteiger partial charge < -0.3 is 20.5 Å². The summed E-state index contributed by atoms with van der Waals surface area (Å²) in [6, 6.07) is 5.66. The molecule has 0 spiro atoms. The monoisotopic (exact) mass is 500 g/mol.